The van der Waals surface area contributed by atoms with Crippen molar-refractivity contribution in [3.05, 3.63) is 101 Å². The highest BCUT2D eigenvalue weighted by molar-refractivity contribution is 8.00. The van der Waals surface area contributed by atoms with Gasteiger partial charge in [-0.15, -0.1) is 0 Å². The van der Waals surface area contributed by atoms with Gasteiger partial charge in [0.25, 0.3) is 5.91 Å². The van der Waals surface area contributed by atoms with Crippen molar-refractivity contribution in [1.29, 1.82) is 0 Å². The largest absolute Gasteiger partial charge is 0.493 e. The highest BCUT2D eigenvalue weighted by Crippen LogP contribution is 2.37. The number of amides is 1. The molecule has 3 heterocycles. The lowest BCUT2D eigenvalue weighted by molar-refractivity contribution is -0.0328. The number of nitrogens with zero attached hydrogens (tertiary/aromatic N) is 5. The summed E-state index contributed by atoms with van der Waals surface area (Å²) in [6, 6.07) is 18.4. The fourth-order valence-corrected chi connectivity index (χ4v) is 5.03. The summed E-state index contributed by atoms with van der Waals surface area (Å²) < 4.78 is 40.1. The summed E-state index contributed by atoms with van der Waals surface area (Å²) in [4.78, 5) is 34.3. The quantitative estimate of drug-likeness (QED) is 0.356. The number of piperazine rings is 1. The van der Waals surface area contributed by atoms with E-state index in [1.807, 2.05) is 30.3 Å². The maximum Gasteiger partial charge on any atom is 0.446 e. The van der Waals surface area contributed by atoms with Gasteiger partial charge < -0.3 is 14.9 Å². The number of imidazole rings is 1. The monoisotopic (exact) mass is 555 g/mol. The Bertz CT molecular complexity index is 1510. The van der Waals surface area contributed by atoms with Crippen molar-refractivity contribution in [2.45, 2.75) is 16.9 Å². The van der Waals surface area contributed by atoms with Gasteiger partial charge in [-0.2, -0.15) is 13.2 Å². The first-order valence-corrected chi connectivity index (χ1v) is 12.9. The fourth-order valence-electron chi connectivity index (χ4n) is 4.49. The number of pyridine rings is 1. The number of aromatic nitrogens is 3. The Morgan fingerprint density at radius 1 is 0.949 bits per heavy atom. The molecule has 0 bridgehead atoms. The molecule has 1 aliphatic rings. The van der Waals surface area contributed by atoms with Gasteiger partial charge in [0.2, 0.25) is 5.88 Å². The fraction of sp³-hybridized carbons (Fsp3) is 0.222. The standard InChI is InChI=1S/C27H24F3N5O3S/c28-27(29,30)39-22-8-6-21(7-9-22)35-24(36)18-34(26(35)38)17-19-10-11-31-23(16-19)25(37)33-14-12-32(13-15-33)20-4-2-1-3-5-20/h1-11,16,18,36H,12-15,17H2. The number of anilines is 1. The normalized spacial score (nSPS) is 14.0. The van der Waals surface area contributed by atoms with E-state index in [1.165, 1.54) is 41.2 Å². The topological polar surface area (TPSA) is 83.6 Å². The van der Waals surface area contributed by atoms with Crippen molar-refractivity contribution in [1.82, 2.24) is 19.0 Å². The van der Waals surface area contributed by atoms with Crippen LogP contribution in [0.25, 0.3) is 5.69 Å². The van der Waals surface area contributed by atoms with Crippen molar-refractivity contribution in [3.8, 4) is 11.6 Å². The van der Waals surface area contributed by atoms with Gasteiger partial charge in [0.1, 0.15) is 5.69 Å². The summed E-state index contributed by atoms with van der Waals surface area (Å²) >= 11 is -0.262. The predicted octanol–water partition coefficient (Wildman–Crippen LogP) is 4.36. The molecule has 2 aromatic carbocycles. The van der Waals surface area contributed by atoms with Gasteiger partial charge in [-0.05, 0) is 65.9 Å². The molecule has 12 heteroatoms. The highest BCUT2D eigenvalue weighted by atomic mass is 32.2. The third-order valence-electron chi connectivity index (χ3n) is 6.35. The number of hydrogen-bond acceptors (Lipinski definition) is 6. The van der Waals surface area contributed by atoms with Gasteiger partial charge in [-0.1, -0.05) is 18.2 Å². The molecule has 1 amide bonds. The number of benzene rings is 2. The molecule has 8 nitrogen and oxygen atoms in total. The van der Waals surface area contributed by atoms with Crippen LogP contribution in [0.5, 0.6) is 5.88 Å². The van der Waals surface area contributed by atoms with Crippen LogP contribution in [0, 0.1) is 0 Å². The third kappa shape index (κ3) is 6.11. The lowest BCUT2D eigenvalue weighted by Gasteiger charge is -2.36. The number of thioether (sulfide) groups is 1. The smallest absolute Gasteiger partial charge is 0.446 e. The Hall–Kier alpha value is -4.19. The average Bonchev–Trinajstić information content (AvgIpc) is 3.20. The first-order valence-electron chi connectivity index (χ1n) is 12.1. The van der Waals surface area contributed by atoms with Crippen LogP contribution in [0.4, 0.5) is 18.9 Å². The first-order chi connectivity index (χ1) is 18.7. The maximum atomic E-state index is 13.1. The van der Waals surface area contributed by atoms with E-state index >= 15 is 0 Å². The minimum Gasteiger partial charge on any atom is -0.493 e. The van der Waals surface area contributed by atoms with Gasteiger partial charge in [-0.3, -0.25) is 14.3 Å². The zero-order valence-electron chi connectivity index (χ0n) is 20.6. The Kier molecular flexibility index (Phi) is 7.38. The van der Waals surface area contributed by atoms with Crippen molar-refractivity contribution >= 4 is 23.4 Å². The second-order valence-corrected chi connectivity index (χ2v) is 10.1. The van der Waals surface area contributed by atoms with E-state index in [0.29, 0.717) is 31.7 Å². The molecule has 0 atom stereocenters. The predicted molar refractivity (Wildman–Crippen MR) is 142 cm³/mol. The number of hydrogen-bond donors (Lipinski definition) is 1. The second kappa shape index (κ2) is 10.9. The molecular weight excluding hydrogens is 531 g/mol. The van der Waals surface area contributed by atoms with Crippen LogP contribution in [-0.4, -0.2) is 61.7 Å². The number of carbonyl (C=O) groups is 1. The molecule has 1 saturated heterocycles. The molecule has 0 spiro atoms. The van der Waals surface area contributed by atoms with Crippen LogP contribution in [0.2, 0.25) is 0 Å². The van der Waals surface area contributed by atoms with Crippen LogP contribution in [0.3, 0.4) is 0 Å². The van der Waals surface area contributed by atoms with Crippen LogP contribution >= 0.6 is 11.8 Å². The van der Waals surface area contributed by atoms with Crippen LogP contribution in [-0.2, 0) is 6.54 Å². The number of rotatable bonds is 6. The zero-order valence-corrected chi connectivity index (χ0v) is 21.4. The van der Waals surface area contributed by atoms with E-state index in [4.69, 9.17) is 0 Å². The van der Waals surface area contributed by atoms with E-state index in [2.05, 4.69) is 9.88 Å². The molecule has 39 heavy (non-hydrogen) atoms. The summed E-state index contributed by atoms with van der Waals surface area (Å²) in [5.74, 6) is -0.563. The van der Waals surface area contributed by atoms with Crippen molar-refractivity contribution < 1.29 is 23.1 Å². The summed E-state index contributed by atoms with van der Waals surface area (Å²) in [6.45, 7) is 2.57. The summed E-state index contributed by atoms with van der Waals surface area (Å²) in [5, 5.41) is 10.4. The molecule has 0 unspecified atom stereocenters. The molecule has 0 radical (unpaired) electrons. The molecule has 2 aromatic heterocycles. The Balaban J connectivity index is 1.27. The van der Waals surface area contributed by atoms with Crippen molar-refractivity contribution in [3.63, 3.8) is 0 Å². The van der Waals surface area contributed by atoms with E-state index in [-0.39, 0.29) is 46.4 Å². The summed E-state index contributed by atoms with van der Waals surface area (Å²) in [7, 11) is 0. The van der Waals surface area contributed by atoms with Gasteiger partial charge in [-0.25, -0.2) is 9.36 Å². The molecule has 0 aliphatic carbocycles. The van der Waals surface area contributed by atoms with Crippen LogP contribution < -0.4 is 10.6 Å². The van der Waals surface area contributed by atoms with E-state index < -0.39 is 11.2 Å². The molecule has 4 aromatic rings. The first kappa shape index (κ1) is 26.4. The SMILES string of the molecule is O=C(c1cc(Cn2cc(O)n(-c3ccc(SC(F)(F)F)cc3)c2=O)ccn1)N1CCN(c2ccccc2)CC1. The molecular formula is C27H24F3N5O3S. The Labute approximate surface area is 225 Å². The number of halogens is 3. The summed E-state index contributed by atoms with van der Waals surface area (Å²) in [6.07, 6.45) is 2.74. The van der Waals surface area contributed by atoms with Crippen LogP contribution in [0.1, 0.15) is 16.1 Å². The van der Waals surface area contributed by atoms with Gasteiger partial charge >= 0.3 is 11.2 Å². The minimum absolute atomic E-state index is 0.0336. The maximum absolute atomic E-state index is 13.1. The Morgan fingerprint density at radius 2 is 1.64 bits per heavy atom. The Morgan fingerprint density at radius 3 is 2.31 bits per heavy atom. The molecule has 0 saturated carbocycles. The number of alkyl halides is 3. The number of aromatic hydroxyl groups is 1. The molecule has 1 fully saturated rings. The second-order valence-electron chi connectivity index (χ2n) is 8.94. The van der Waals surface area contributed by atoms with Crippen molar-refractivity contribution in [2.24, 2.45) is 0 Å². The van der Waals surface area contributed by atoms with Crippen LogP contribution in [0.15, 0.2) is 88.8 Å². The van der Waals surface area contributed by atoms with Crippen molar-refractivity contribution in [2.75, 3.05) is 31.1 Å². The number of para-hydroxylation sites is 1. The third-order valence-corrected chi connectivity index (χ3v) is 7.09. The molecule has 1 N–H and O–H groups in total. The van der Waals surface area contributed by atoms with Gasteiger partial charge in [0.05, 0.1) is 18.4 Å². The molecule has 5 rings (SSSR count). The molecule has 1 aliphatic heterocycles. The average molecular weight is 556 g/mol. The minimum atomic E-state index is -4.43. The van der Waals surface area contributed by atoms with E-state index in [0.717, 1.165) is 10.3 Å². The zero-order chi connectivity index (χ0) is 27.6. The van der Waals surface area contributed by atoms with Gasteiger partial charge in [0, 0.05) is 43.0 Å². The van der Waals surface area contributed by atoms with E-state index in [9.17, 15) is 27.9 Å². The lowest BCUT2D eigenvalue weighted by atomic mass is 10.2. The highest BCUT2D eigenvalue weighted by Gasteiger charge is 2.29. The lowest BCUT2D eigenvalue weighted by Crippen LogP contribution is -2.49. The van der Waals surface area contributed by atoms with E-state index in [1.54, 1.807) is 17.0 Å². The van der Waals surface area contributed by atoms with Gasteiger partial charge in [0.15, 0.2) is 0 Å². The summed E-state index contributed by atoms with van der Waals surface area (Å²) in [5.41, 5.74) is -2.78. The molecule has 202 valence electrons. The number of carbonyl (C=O) groups excluding carboxylic acids is 1.